The van der Waals surface area contributed by atoms with Gasteiger partial charge in [-0.1, -0.05) is 31.4 Å². The molecule has 6 nitrogen and oxygen atoms in total. The van der Waals surface area contributed by atoms with Crippen LogP contribution in [0.1, 0.15) is 79.9 Å². The fraction of sp³-hybridized carbons (Fsp3) is 0.593. The van der Waals surface area contributed by atoms with E-state index in [0.717, 1.165) is 59.6 Å². The summed E-state index contributed by atoms with van der Waals surface area (Å²) >= 11 is 0. The van der Waals surface area contributed by atoms with Crippen molar-refractivity contribution in [1.29, 1.82) is 0 Å². The van der Waals surface area contributed by atoms with Crippen LogP contribution in [0, 0.1) is 6.92 Å². The largest absolute Gasteiger partial charge is 0.497 e. The fourth-order valence-corrected chi connectivity index (χ4v) is 5.86. The number of aryl methyl sites for hydroxylation is 1. The van der Waals surface area contributed by atoms with E-state index in [9.17, 15) is 4.79 Å². The number of anilines is 1. The zero-order valence-electron chi connectivity index (χ0n) is 20.1. The molecule has 5 rings (SSSR count). The number of fused-ring (bicyclic) bond motifs is 1. The van der Waals surface area contributed by atoms with E-state index in [0.29, 0.717) is 18.9 Å². The standard InChI is InChI=1S/C27H36N4O2/c1-19-24-14-15-25(32)31(17-20-10-12-23(33-2)13-11-20)27(24)29-26(28-19)21-7-6-16-30(18-21)22-8-4-3-5-9-22/h10-13,21-22H,3-9,14-18H2,1-2H3/t21-/m1/s1. The predicted octanol–water partition coefficient (Wildman–Crippen LogP) is 4.79. The highest BCUT2D eigenvalue weighted by Crippen LogP contribution is 2.34. The van der Waals surface area contributed by atoms with E-state index in [1.54, 1.807) is 7.11 Å². The van der Waals surface area contributed by atoms with Crippen LogP contribution < -0.4 is 9.64 Å². The molecule has 2 aromatic rings. The first kappa shape index (κ1) is 22.3. The Kier molecular flexibility index (Phi) is 6.63. The second-order valence-electron chi connectivity index (χ2n) is 9.92. The molecule has 1 aliphatic carbocycles. The Morgan fingerprint density at radius 1 is 1.00 bits per heavy atom. The third-order valence-electron chi connectivity index (χ3n) is 7.76. The van der Waals surface area contributed by atoms with E-state index >= 15 is 0 Å². The van der Waals surface area contributed by atoms with Crippen molar-refractivity contribution < 1.29 is 9.53 Å². The van der Waals surface area contributed by atoms with E-state index < -0.39 is 0 Å². The van der Waals surface area contributed by atoms with Gasteiger partial charge in [0.25, 0.3) is 0 Å². The number of amides is 1. The molecule has 1 saturated heterocycles. The van der Waals surface area contributed by atoms with Crippen LogP contribution in [0.4, 0.5) is 5.82 Å². The topological polar surface area (TPSA) is 58.6 Å². The summed E-state index contributed by atoms with van der Waals surface area (Å²) in [6.45, 7) is 4.88. The molecule has 1 aromatic heterocycles. The first-order valence-corrected chi connectivity index (χ1v) is 12.7. The van der Waals surface area contributed by atoms with Crippen molar-refractivity contribution in [3.05, 3.63) is 46.9 Å². The van der Waals surface area contributed by atoms with Gasteiger partial charge in [-0.2, -0.15) is 0 Å². The lowest BCUT2D eigenvalue weighted by Gasteiger charge is -2.40. The molecule has 0 unspecified atom stereocenters. The van der Waals surface area contributed by atoms with Gasteiger partial charge in [0.2, 0.25) is 5.91 Å². The van der Waals surface area contributed by atoms with E-state index in [4.69, 9.17) is 14.7 Å². The Labute approximate surface area is 197 Å². The molecule has 1 amide bonds. The SMILES string of the molecule is COc1ccc(CN2C(=O)CCc3c(C)nc([C@@H]4CCCN(C5CCCCC5)C4)nc32)cc1. The molecule has 0 N–H and O–H groups in total. The van der Waals surface area contributed by atoms with Crippen LogP contribution in [0.15, 0.2) is 24.3 Å². The number of ether oxygens (including phenoxy) is 1. The summed E-state index contributed by atoms with van der Waals surface area (Å²) in [4.78, 5) is 27.6. The highest BCUT2D eigenvalue weighted by Gasteiger charge is 2.32. The van der Waals surface area contributed by atoms with Crippen molar-refractivity contribution in [3.63, 3.8) is 0 Å². The number of rotatable bonds is 5. The molecule has 1 atom stereocenters. The van der Waals surface area contributed by atoms with Gasteiger partial charge in [-0.3, -0.25) is 14.6 Å². The molecule has 1 saturated carbocycles. The summed E-state index contributed by atoms with van der Waals surface area (Å²) in [5.74, 6) is 3.09. The molecule has 33 heavy (non-hydrogen) atoms. The minimum absolute atomic E-state index is 0.148. The number of hydrogen-bond donors (Lipinski definition) is 0. The number of nitrogens with zero attached hydrogens (tertiary/aromatic N) is 4. The van der Waals surface area contributed by atoms with Crippen LogP contribution in [-0.2, 0) is 17.8 Å². The molecule has 3 heterocycles. The predicted molar refractivity (Wildman–Crippen MR) is 130 cm³/mol. The Hall–Kier alpha value is -2.47. The van der Waals surface area contributed by atoms with E-state index in [2.05, 4.69) is 11.8 Å². The van der Waals surface area contributed by atoms with Crippen molar-refractivity contribution in [2.45, 2.75) is 83.2 Å². The van der Waals surface area contributed by atoms with Gasteiger partial charge in [0, 0.05) is 36.2 Å². The number of benzene rings is 1. The van der Waals surface area contributed by atoms with Gasteiger partial charge < -0.3 is 4.74 Å². The van der Waals surface area contributed by atoms with Crippen LogP contribution in [0.3, 0.4) is 0 Å². The number of piperidine rings is 1. The smallest absolute Gasteiger partial charge is 0.228 e. The first-order chi connectivity index (χ1) is 16.1. The van der Waals surface area contributed by atoms with Crippen LogP contribution >= 0.6 is 0 Å². The Morgan fingerprint density at radius 2 is 1.79 bits per heavy atom. The van der Waals surface area contributed by atoms with Crippen LogP contribution in [0.25, 0.3) is 0 Å². The number of aromatic nitrogens is 2. The fourth-order valence-electron chi connectivity index (χ4n) is 5.86. The molecule has 0 radical (unpaired) electrons. The number of methoxy groups -OCH3 is 1. The Balaban J connectivity index is 1.40. The maximum atomic E-state index is 13.0. The molecular formula is C27H36N4O2. The number of hydrogen-bond acceptors (Lipinski definition) is 5. The summed E-state index contributed by atoms with van der Waals surface area (Å²) in [6, 6.07) is 8.68. The molecular weight excluding hydrogens is 412 g/mol. The van der Waals surface area contributed by atoms with Gasteiger partial charge >= 0.3 is 0 Å². The lowest BCUT2D eigenvalue weighted by Crippen LogP contribution is -2.43. The van der Waals surface area contributed by atoms with Crippen LogP contribution in [0.2, 0.25) is 0 Å². The summed E-state index contributed by atoms with van der Waals surface area (Å²) < 4.78 is 5.28. The van der Waals surface area contributed by atoms with Crippen LogP contribution in [-0.4, -0.2) is 47.0 Å². The van der Waals surface area contributed by atoms with Gasteiger partial charge in [0.15, 0.2) is 0 Å². The number of carbonyl (C=O) groups is 1. The minimum Gasteiger partial charge on any atom is -0.497 e. The molecule has 176 valence electrons. The van der Waals surface area contributed by atoms with Crippen molar-refractivity contribution >= 4 is 11.7 Å². The summed E-state index contributed by atoms with van der Waals surface area (Å²) in [5.41, 5.74) is 3.25. The molecule has 2 fully saturated rings. The molecule has 6 heteroatoms. The average molecular weight is 449 g/mol. The van der Waals surface area contributed by atoms with Crippen LogP contribution in [0.5, 0.6) is 5.75 Å². The monoisotopic (exact) mass is 448 g/mol. The molecule has 1 aromatic carbocycles. The summed E-state index contributed by atoms with van der Waals surface area (Å²) in [5, 5.41) is 0. The first-order valence-electron chi connectivity index (χ1n) is 12.7. The lowest BCUT2D eigenvalue weighted by molar-refractivity contribution is -0.119. The van der Waals surface area contributed by atoms with E-state index in [-0.39, 0.29) is 5.91 Å². The Morgan fingerprint density at radius 3 is 2.55 bits per heavy atom. The second-order valence-corrected chi connectivity index (χ2v) is 9.92. The van der Waals surface area contributed by atoms with Gasteiger partial charge in [-0.25, -0.2) is 9.97 Å². The highest BCUT2D eigenvalue weighted by atomic mass is 16.5. The second kappa shape index (κ2) is 9.80. The van der Waals surface area contributed by atoms with Gasteiger partial charge in [-0.05, 0) is 63.3 Å². The highest BCUT2D eigenvalue weighted by molar-refractivity contribution is 5.95. The van der Waals surface area contributed by atoms with Gasteiger partial charge in [0.05, 0.1) is 13.7 Å². The third-order valence-corrected chi connectivity index (χ3v) is 7.76. The molecule has 0 bridgehead atoms. The lowest BCUT2D eigenvalue weighted by atomic mass is 9.89. The maximum Gasteiger partial charge on any atom is 0.228 e. The van der Waals surface area contributed by atoms with Crippen molar-refractivity contribution in [2.75, 3.05) is 25.1 Å². The van der Waals surface area contributed by atoms with Crippen molar-refractivity contribution in [1.82, 2.24) is 14.9 Å². The van der Waals surface area contributed by atoms with E-state index in [1.807, 2.05) is 29.2 Å². The van der Waals surface area contributed by atoms with Gasteiger partial charge in [0.1, 0.15) is 17.4 Å². The summed E-state index contributed by atoms with van der Waals surface area (Å²) in [6.07, 6.45) is 10.4. The third kappa shape index (κ3) is 4.77. The minimum atomic E-state index is 0.148. The summed E-state index contributed by atoms with van der Waals surface area (Å²) in [7, 11) is 1.67. The maximum absolute atomic E-state index is 13.0. The Bertz CT molecular complexity index is 984. The zero-order valence-corrected chi connectivity index (χ0v) is 20.1. The zero-order chi connectivity index (χ0) is 22.8. The normalized spacial score (nSPS) is 22.3. The van der Waals surface area contributed by atoms with Gasteiger partial charge in [-0.15, -0.1) is 0 Å². The van der Waals surface area contributed by atoms with E-state index in [1.165, 1.54) is 45.1 Å². The molecule has 3 aliphatic rings. The number of likely N-dealkylation sites (tertiary alicyclic amines) is 1. The quantitative estimate of drug-likeness (QED) is 0.659. The van der Waals surface area contributed by atoms with Crippen molar-refractivity contribution in [2.24, 2.45) is 0 Å². The average Bonchev–Trinajstić information content (AvgIpc) is 2.86. The molecule has 0 spiro atoms. The van der Waals surface area contributed by atoms with Crippen molar-refractivity contribution in [3.8, 4) is 5.75 Å². The molecule has 2 aliphatic heterocycles. The number of carbonyl (C=O) groups excluding carboxylic acids is 1.